The molecule has 0 saturated carbocycles. The van der Waals surface area contributed by atoms with Crippen LogP contribution >= 0.6 is 15.9 Å². The largest absolute Gasteiger partial charge is 1.00 e. The molecular weight excluding hydrogens is 284 g/mol. The molecule has 0 fully saturated rings. The van der Waals surface area contributed by atoms with Gasteiger partial charge in [0.25, 0.3) is 0 Å². The van der Waals surface area contributed by atoms with Gasteiger partial charge in [-0.25, -0.2) is 0 Å². The molecule has 70 valence electrons. The highest BCUT2D eigenvalue weighted by Crippen LogP contribution is 2.08. The van der Waals surface area contributed by atoms with Crippen molar-refractivity contribution in [3.8, 4) is 0 Å². The summed E-state index contributed by atoms with van der Waals surface area (Å²) in [5.74, 6) is 1.18. The van der Waals surface area contributed by atoms with E-state index in [9.17, 15) is 0 Å². The van der Waals surface area contributed by atoms with Gasteiger partial charge >= 0.3 is 0 Å². The van der Waals surface area contributed by atoms with E-state index in [1.165, 1.54) is 22.9 Å². The number of hydrogen-bond donors (Lipinski definition) is 1. The van der Waals surface area contributed by atoms with Gasteiger partial charge in [0.05, 0.1) is 12.7 Å². The van der Waals surface area contributed by atoms with Gasteiger partial charge in [-0.05, 0) is 12.8 Å². The molecule has 0 spiro atoms. The van der Waals surface area contributed by atoms with Crippen molar-refractivity contribution in [2.24, 2.45) is 4.99 Å². The Bertz CT molecular complexity index is 199. The number of amidine groups is 1. The van der Waals surface area contributed by atoms with Crippen molar-refractivity contribution < 1.29 is 21.9 Å². The highest BCUT2D eigenvalue weighted by atomic mass is 79.9. The molecule has 0 radical (unpaired) electrons. The lowest BCUT2D eigenvalue weighted by molar-refractivity contribution is -0.719. The van der Waals surface area contributed by atoms with Crippen molar-refractivity contribution in [1.29, 1.82) is 0 Å². The van der Waals surface area contributed by atoms with Crippen LogP contribution in [-0.4, -0.2) is 18.2 Å². The number of nitrogens with one attached hydrogen (secondary N) is 1. The van der Waals surface area contributed by atoms with E-state index in [0.29, 0.717) is 0 Å². The first-order chi connectivity index (χ1) is 5.24. The fraction of sp³-hybridized carbons (Fsp3) is 0.625. The van der Waals surface area contributed by atoms with Gasteiger partial charge in [-0.1, -0.05) is 15.9 Å². The molecule has 1 atom stereocenters. The zero-order valence-electron chi connectivity index (χ0n) is 7.40. The Balaban J connectivity index is 0.00000121. The van der Waals surface area contributed by atoms with E-state index in [4.69, 9.17) is 0 Å². The van der Waals surface area contributed by atoms with Crippen LogP contribution in [0.1, 0.15) is 19.8 Å². The maximum atomic E-state index is 4.43. The van der Waals surface area contributed by atoms with Crippen molar-refractivity contribution in [1.82, 2.24) is 0 Å². The fourth-order valence-corrected chi connectivity index (χ4v) is 1.35. The summed E-state index contributed by atoms with van der Waals surface area (Å²) in [6, 6.07) is 0. The Morgan fingerprint density at radius 3 is 2.67 bits per heavy atom. The van der Waals surface area contributed by atoms with E-state index in [2.05, 4.69) is 41.1 Å². The van der Waals surface area contributed by atoms with Crippen LogP contribution in [0.15, 0.2) is 16.9 Å². The molecule has 0 aromatic heterocycles. The fourth-order valence-electron chi connectivity index (χ4n) is 1.07. The monoisotopic (exact) mass is 296 g/mol. The van der Waals surface area contributed by atoms with Gasteiger partial charge in [-0.15, -0.1) is 0 Å². The summed E-state index contributed by atoms with van der Waals surface area (Å²) in [6.45, 7) is 2.06. The Labute approximate surface area is 92.6 Å². The lowest BCUT2D eigenvalue weighted by Crippen LogP contribution is -3.05. The number of alkyl halides is 1. The lowest BCUT2D eigenvalue weighted by atomic mass is 10.3. The van der Waals surface area contributed by atoms with E-state index in [1.54, 1.807) is 0 Å². The predicted octanol–water partition coefficient (Wildman–Crippen LogP) is -2.05. The number of aliphatic imine (C=N–C) groups is 1. The summed E-state index contributed by atoms with van der Waals surface area (Å²) in [6.07, 6.45) is 4.45. The third kappa shape index (κ3) is 3.37. The summed E-state index contributed by atoms with van der Waals surface area (Å²) >= 11 is 3.40. The first kappa shape index (κ1) is 12.3. The van der Waals surface area contributed by atoms with Crippen LogP contribution in [0.4, 0.5) is 0 Å². The van der Waals surface area contributed by atoms with E-state index < -0.39 is 0 Å². The Morgan fingerprint density at radius 1 is 1.58 bits per heavy atom. The van der Waals surface area contributed by atoms with Crippen molar-refractivity contribution in [3.63, 3.8) is 0 Å². The van der Waals surface area contributed by atoms with Gasteiger partial charge in [0.15, 0.2) is 0 Å². The summed E-state index contributed by atoms with van der Waals surface area (Å²) in [7, 11) is 2.11. The van der Waals surface area contributed by atoms with Gasteiger partial charge < -0.3 is 17.0 Å². The van der Waals surface area contributed by atoms with E-state index in [0.717, 1.165) is 11.8 Å². The van der Waals surface area contributed by atoms with Crippen LogP contribution in [-0.2, 0) is 0 Å². The second kappa shape index (κ2) is 5.89. The van der Waals surface area contributed by atoms with Crippen LogP contribution in [0.25, 0.3) is 0 Å². The number of hydrogen-bond acceptors (Lipinski definition) is 1. The standard InChI is InChI=1S/C8H13BrN2.BrH/c1-7-10-8(4-3-5-9)6-11(7)2;/h6H,3-5H2,1-2H3;1H. The SMILES string of the molecule is CC1=NC(CCCBr)=C[NH+]1C.[Br-]. The quantitative estimate of drug-likeness (QED) is 0.578. The molecule has 0 saturated heterocycles. The second-order valence-corrected chi connectivity index (χ2v) is 3.60. The molecule has 1 aliphatic rings. The predicted molar refractivity (Wildman–Crippen MR) is 51.1 cm³/mol. The Kier molecular flexibility index (Phi) is 6.05. The number of nitrogens with zero attached hydrogens (tertiary/aromatic N) is 1. The topological polar surface area (TPSA) is 16.8 Å². The Hall–Kier alpha value is 0.330. The summed E-state index contributed by atoms with van der Waals surface area (Å²) in [5.41, 5.74) is 1.24. The highest BCUT2D eigenvalue weighted by Gasteiger charge is 2.13. The minimum absolute atomic E-state index is 0. The molecule has 12 heavy (non-hydrogen) atoms. The summed E-state index contributed by atoms with van der Waals surface area (Å²) < 4.78 is 0. The normalized spacial score (nSPS) is 21.4. The third-order valence-electron chi connectivity index (χ3n) is 1.83. The number of halogens is 2. The van der Waals surface area contributed by atoms with E-state index in [-0.39, 0.29) is 17.0 Å². The van der Waals surface area contributed by atoms with E-state index in [1.807, 2.05) is 0 Å². The van der Waals surface area contributed by atoms with Crippen LogP contribution in [0.2, 0.25) is 0 Å². The maximum absolute atomic E-state index is 4.43. The molecule has 0 amide bonds. The average molecular weight is 298 g/mol. The molecule has 1 aliphatic heterocycles. The molecule has 1 N–H and O–H groups in total. The van der Waals surface area contributed by atoms with Crippen molar-refractivity contribution in [2.45, 2.75) is 19.8 Å². The molecule has 1 unspecified atom stereocenters. The zero-order valence-corrected chi connectivity index (χ0v) is 10.6. The van der Waals surface area contributed by atoms with Crippen LogP contribution in [0.5, 0.6) is 0 Å². The maximum Gasteiger partial charge on any atom is 0.202 e. The molecule has 0 aromatic carbocycles. The minimum Gasteiger partial charge on any atom is -1.00 e. The lowest BCUT2D eigenvalue weighted by Gasteiger charge is -1.96. The molecule has 1 rings (SSSR count). The second-order valence-electron chi connectivity index (χ2n) is 2.81. The molecule has 1 heterocycles. The number of quaternary nitrogens is 1. The number of rotatable bonds is 3. The van der Waals surface area contributed by atoms with Crippen molar-refractivity contribution in [3.05, 3.63) is 11.9 Å². The summed E-state index contributed by atoms with van der Waals surface area (Å²) in [5, 5.41) is 1.07. The first-order valence-corrected chi connectivity index (χ1v) is 5.02. The van der Waals surface area contributed by atoms with Gasteiger partial charge in [-0.3, -0.25) is 4.90 Å². The molecular formula is C8H14Br2N2. The minimum atomic E-state index is 0. The molecule has 2 nitrogen and oxygen atoms in total. The number of allylic oxidation sites excluding steroid dienone is 1. The summed E-state index contributed by atoms with van der Waals surface area (Å²) in [4.78, 5) is 5.74. The first-order valence-electron chi connectivity index (χ1n) is 3.90. The Morgan fingerprint density at radius 2 is 2.25 bits per heavy atom. The van der Waals surface area contributed by atoms with E-state index >= 15 is 0 Å². The average Bonchev–Trinajstić information content (AvgIpc) is 2.28. The molecule has 0 bridgehead atoms. The van der Waals surface area contributed by atoms with Gasteiger partial charge in [0.1, 0.15) is 6.20 Å². The van der Waals surface area contributed by atoms with Crippen LogP contribution in [0, 0.1) is 0 Å². The molecule has 0 aliphatic carbocycles. The van der Waals surface area contributed by atoms with Crippen molar-refractivity contribution in [2.75, 3.05) is 12.4 Å². The van der Waals surface area contributed by atoms with Gasteiger partial charge in [0.2, 0.25) is 5.84 Å². The zero-order chi connectivity index (χ0) is 8.27. The van der Waals surface area contributed by atoms with Crippen LogP contribution < -0.4 is 21.9 Å². The third-order valence-corrected chi connectivity index (χ3v) is 2.39. The molecule has 4 heteroatoms. The van der Waals surface area contributed by atoms with Gasteiger partial charge in [0, 0.05) is 12.3 Å². The smallest absolute Gasteiger partial charge is 0.202 e. The highest BCUT2D eigenvalue weighted by molar-refractivity contribution is 9.09. The van der Waals surface area contributed by atoms with Crippen LogP contribution in [0.3, 0.4) is 0 Å². The van der Waals surface area contributed by atoms with Gasteiger partial charge in [-0.2, -0.15) is 4.99 Å². The molecule has 0 aromatic rings. The van der Waals surface area contributed by atoms with Crippen molar-refractivity contribution >= 4 is 21.8 Å².